The first-order valence-corrected chi connectivity index (χ1v) is 5.19. The second kappa shape index (κ2) is 6.65. The van der Waals surface area contributed by atoms with Gasteiger partial charge in [-0.15, -0.1) is 0 Å². The summed E-state index contributed by atoms with van der Waals surface area (Å²) in [6, 6.07) is 0. The maximum absolute atomic E-state index is 11.5. The Morgan fingerprint density at radius 1 is 1.53 bits per heavy atom. The lowest BCUT2D eigenvalue weighted by Crippen LogP contribution is -2.20. The molecule has 92 valence electrons. The van der Waals surface area contributed by atoms with Crippen molar-refractivity contribution in [1.82, 2.24) is 5.32 Å². The number of methoxy groups -OCH3 is 2. The van der Waals surface area contributed by atoms with Crippen molar-refractivity contribution in [3.8, 4) is 0 Å². The summed E-state index contributed by atoms with van der Waals surface area (Å²) in [5.41, 5.74) is 1.73. The molecule has 0 aromatic heterocycles. The van der Waals surface area contributed by atoms with Gasteiger partial charge in [0.15, 0.2) is 0 Å². The third-order valence-electron chi connectivity index (χ3n) is 2.34. The van der Waals surface area contributed by atoms with Crippen molar-refractivity contribution in [1.29, 1.82) is 5.41 Å². The average molecular weight is 236 g/mol. The van der Waals surface area contributed by atoms with E-state index in [2.05, 4.69) is 10.1 Å². The monoisotopic (exact) mass is 236 g/mol. The lowest BCUT2D eigenvalue weighted by Gasteiger charge is -2.17. The van der Waals surface area contributed by atoms with Gasteiger partial charge in [-0.3, -0.25) is 0 Å². The lowest BCUT2D eigenvalue weighted by molar-refractivity contribution is -0.135. The van der Waals surface area contributed by atoms with E-state index in [1.165, 1.54) is 7.11 Å². The van der Waals surface area contributed by atoms with Gasteiger partial charge in [-0.25, -0.2) is 4.79 Å². The largest absolute Gasteiger partial charge is 0.465 e. The first-order chi connectivity index (χ1) is 8.24. The first kappa shape index (κ1) is 13.2. The van der Waals surface area contributed by atoms with Crippen LogP contribution in [0.1, 0.15) is 6.42 Å². The Morgan fingerprint density at radius 2 is 2.29 bits per heavy atom. The van der Waals surface area contributed by atoms with Gasteiger partial charge in [-0.1, -0.05) is 6.08 Å². The van der Waals surface area contributed by atoms with Gasteiger partial charge in [0.1, 0.15) is 5.57 Å². The molecule has 2 N–H and O–H groups in total. The van der Waals surface area contributed by atoms with Gasteiger partial charge >= 0.3 is 5.97 Å². The molecular weight excluding hydrogens is 220 g/mol. The fourth-order valence-corrected chi connectivity index (χ4v) is 1.49. The van der Waals surface area contributed by atoms with Gasteiger partial charge in [-0.05, 0) is 18.1 Å². The zero-order valence-electron chi connectivity index (χ0n) is 9.95. The number of carbonyl (C=O) groups excluding carboxylic acids is 1. The van der Waals surface area contributed by atoms with E-state index in [0.29, 0.717) is 18.7 Å². The van der Waals surface area contributed by atoms with Crippen LogP contribution in [0.25, 0.3) is 0 Å². The second-order valence-corrected chi connectivity index (χ2v) is 3.36. The van der Waals surface area contributed by atoms with Crippen molar-refractivity contribution in [3.63, 3.8) is 0 Å². The molecule has 0 aromatic rings. The third kappa shape index (κ3) is 3.29. The minimum Gasteiger partial charge on any atom is -0.465 e. The summed E-state index contributed by atoms with van der Waals surface area (Å²) in [4.78, 5) is 11.5. The maximum atomic E-state index is 11.5. The molecule has 1 rings (SSSR count). The molecule has 17 heavy (non-hydrogen) atoms. The summed E-state index contributed by atoms with van der Waals surface area (Å²) in [6.07, 6.45) is 7.09. The fourth-order valence-electron chi connectivity index (χ4n) is 1.49. The molecule has 0 amide bonds. The van der Waals surface area contributed by atoms with Gasteiger partial charge in [-0.2, -0.15) is 0 Å². The highest BCUT2D eigenvalue weighted by atomic mass is 16.5. The minimum atomic E-state index is -0.527. The number of carbonyl (C=O) groups is 1. The molecule has 0 spiro atoms. The van der Waals surface area contributed by atoms with Crippen molar-refractivity contribution in [2.75, 3.05) is 20.8 Å². The molecule has 0 aliphatic carbocycles. The van der Waals surface area contributed by atoms with Crippen LogP contribution in [0.3, 0.4) is 0 Å². The van der Waals surface area contributed by atoms with Crippen LogP contribution in [-0.4, -0.2) is 33.0 Å². The van der Waals surface area contributed by atoms with E-state index in [9.17, 15) is 4.79 Å². The molecule has 0 aromatic carbocycles. The van der Waals surface area contributed by atoms with Crippen LogP contribution in [0.5, 0.6) is 0 Å². The number of esters is 1. The summed E-state index contributed by atoms with van der Waals surface area (Å²) in [7, 11) is 2.91. The first-order valence-electron chi connectivity index (χ1n) is 5.19. The fraction of sp³-hybridized carbons (Fsp3) is 0.333. The van der Waals surface area contributed by atoms with Crippen molar-refractivity contribution in [3.05, 3.63) is 35.2 Å². The Labute approximate surface area is 100 Å². The van der Waals surface area contributed by atoms with E-state index >= 15 is 0 Å². The Balaban J connectivity index is 3.03. The number of allylic oxidation sites excluding steroid dienone is 3. The predicted octanol–water partition coefficient (Wildman–Crippen LogP) is 1.14. The zero-order valence-corrected chi connectivity index (χ0v) is 9.95. The lowest BCUT2D eigenvalue weighted by atomic mass is 10.0. The van der Waals surface area contributed by atoms with Crippen LogP contribution in [-0.2, 0) is 14.3 Å². The molecule has 5 heteroatoms. The van der Waals surface area contributed by atoms with Crippen molar-refractivity contribution < 1.29 is 14.3 Å². The molecule has 1 aliphatic heterocycles. The summed E-state index contributed by atoms with van der Waals surface area (Å²) < 4.78 is 9.64. The van der Waals surface area contributed by atoms with Gasteiger partial charge in [0.2, 0.25) is 0 Å². The van der Waals surface area contributed by atoms with Gasteiger partial charge in [0.05, 0.1) is 19.4 Å². The Hall–Kier alpha value is -1.88. The quantitative estimate of drug-likeness (QED) is 0.426. The SMILES string of the molecule is COCCC1=CC=CN/C1=C(\C=N)C(=O)OC. The number of rotatable bonds is 5. The molecule has 0 unspecified atom stereocenters. The number of hydrogen-bond donors (Lipinski definition) is 2. The van der Waals surface area contributed by atoms with Crippen molar-refractivity contribution in [2.24, 2.45) is 0 Å². The van der Waals surface area contributed by atoms with E-state index in [1.807, 2.05) is 12.2 Å². The van der Waals surface area contributed by atoms with Gasteiger partial charge in [0.25, 0.3) is 0 Å². The highest BCUT2D eigenvalue weighted by Gasteiger charge is 2.17. The molecule has 0 bridgehead atoms. The van der Waals surface area contributed by atoms with Crippen LogP contribution in [0, 0.1) is 5.41 Å². The minimum absolute atomic E-state index is 0.208. The highest BCUT2D eigenvalue weighted by Crippen LogP contribution is 2.19. The molecule has 1 aliphatic rings. The van der Waals surface area contributed by atoms with Crippen LogP contribution in [0.4, 0.5) is 0 Å². The van der Waals surface area contributed by atoms with Crippen LogP contribution in [0.15, 0.2) is 35.2 Å². The Bertz CT molecular complexity index is 395. The Morgan fingerprint density at radius 3 is 2.88 bits per heavy atom. The zero-order chi connectivity index (χ0) is 12.7. The molecule has 0 atom stereocenters. The smallest absolute Gasteiger partial charge is 0.341 e. The van der Waals surface area contributed by atoms with Crippen molar-refractivity contribution in [2.45, 2.75) is 6.42 Å². The van der Waals surface area contributed by atoms with E-state index < -0.39 is 5.97 Å². The third-order valence-corrected chi connectivity index (χ3v) is 2.34. The molecule has 5 nitrogen and oxygen atoms in total. The molecular formula is C12H16N2O3. The number of hydrogen-bond acceptors (Lipinski definition) is 5. The average Bonchev–Trinajstić information content (AvgIpc) is 2.38. The summed E-state index contributed by atoms with van der Waals surface area (Å²) in [5.74, 6) is -0.527. The molecule has 0 saturated heterocycles. The van der Waals surface area contributed by atoms with E-state index in [-0.39, 0.29) is 5.57 Å². The van der Waals surface area contributed by atoms with Gasteiger partial charge in [0, 0.05) is 19.5 Å². The van der Waals surface area contributed by atoms with Gasteiger partial charge < -0.3 is 20.2 Å². The molecule has 0 saturated carbocycles. The number of ether oxygens (including phenoxy) is 2. The van der Waals surface area contributed by atoms with E-state index in [4.69, 9.17) is 10.1 Å². The molecule has 1 heterocycles. The van der Waals surface area contributed by atoms with Crippen LogP contribution in [0.2, 0.25) is 0 Å². The second-order valence-electron chi connectivity index (χ2n) is 3.36. The maximum Gasteiger partial charge on any atom is 0.341 e. The number of nitrogens with one attached hydrogen (secondary N) is 2. The Kier molecular flexibility index (Phi) is 5.16. The molecule has 0 radical (unpaired) electrons. The summed E-state index contributed by atoms with van der Waals surface area (Å²) in [6.45, 7) is 0.553. The topological polar surface area (TPSA) is 71.4 Å². The summed E-state index contributed by atoms with van der Waals surface area (Å²) in [5, 5.41) is 10.3. The van der Waals surface area contributed by atoms with E-state index in [1.54, 1.807) is 13.3 Å². The highest BCUT2D eigenvalue weighted by molar-refractivity contribution is 6.09. The normalized spacial score (nSPS) is 16.9. The van der Waals surface area contributed by atoms with Crippen LogP contribution < -0.4 is 5.32 Å². The summed E-state index contributed by atoms with van der Waals surface area (Å²) >= 11 is 0. The standard InChI is InChI=1S/C12H16N2O3/c1-16-7-5-9-4-3-6-14-11(9)10(8-13)12(15)17-2/h3-4,6,8,13-14H,5,7H2,1-2H3/b11-10+,13-8?. The van der Waals surface area contributed by atoms with Crippen LogP contribution >= 0.6 is 0 Å². The van der Waals surface area contributed by atoms with Crippen molar-refractivity contribution >= 4 is 12.2 Å². The van der Waals surface area contributed by atoms with E-state index in [0.717, 1.165) is 11.8 Å². The molecule has 0 fully saturated rings. The predicted molar refractivity (Wildman–Crippen MR) is 64.7 cm³/mol. The number of dihydropyridines is 1.